The molecule has 70 valence electrons. The minimum atomic E-state index is 0.913. The maximum Gasteiger partial charge on any atom is 0.0146 e. The Morgan fingerprint density at radius 1 is 1.33 bits per heavy atom. The van der Waals surface area contributed by atoms with Crippen molar-refractivity contribution < 1.29 is 0 Å². The number of hydrogen-bond acceptors (Lipinski definition) is 1. The Balaban J connectivity index is 1.87. The van der Waals surface area contributed by atoms with Crippen LogP contribution >= 0.6 is 11.6 Å². The van der Waals surface area contributed by atoms with Crippen LogP contribution in [0.25, 0.3) is 0 Å². The van der Waals surface area contributed by atoms with Gasteiger partial charge in [0.1, 0.15) is 0 Å². The molecule has 0 spiro atoms. The molecule has 0 heterocycles. The van der Waals surface area contributed by atoms with Crippen LogP contribution in [0.2, 0.25) is 0 Å². The molecule has 2 heteroatoms. The van der Waals surface area contributed by atoms with Crippen LogP contribution in [0.15, 0.2) is 11.6 Å². The lowest BCUT2D eigenvalue weighted by molar-refractivity contribution is 0.485. The van der Waals surface area contributed by atoms with E-state index >= 15 is 0 Å². The normalized spacial score (nSPS) is 19.4. The second-order valence-corrected chi connectivity index (χ2v) is 3.76. The fourth-order valence-corrected chi connectivity index (χ4v) is 1.92. The zero-order chi connectivity index (χ0) is 8.65. The van der Waals surface area contributed by atoms with Crippen LogP contribution in [0.5, 0.6) is 0 Å². The van der Waals surface area contributed by atoms with Gasteiger partial charge in [-0.25, -0.2) is 0 Å². The standard InChI is InChI=1S/C10H18ClN/c11-7-3-8-12-9-6-10-4-1-2-5-10/h3,7,10,12H,1-2,4-6,8-9H2/b7-3+. The van der Waals surface area contributed by atoms with Gasteiger partial charge in [-0.2, -0.15) is 0 Å². The molecule has 0 saturated heterocycles. The summed E-state index contributed by atoms with van der Waals surface area (Å²) in [5.74, 6) is 0.998. The number of hydrogen-bond donors (Lipinski definition) is 1. The van der Waals surface area contributed by atoms with Crippen molar-refractivity contribution in [3.8, 4) is 0 Å². The fraction of sp³-hybridized carbons (Fsp3) is 0.800. The molecule has 0 aromatic carbocycles. The first kappa shape index (κ1) is 10.1. The number of rotatable bonds is 5. The Morgan fingerprint density at radius 3 is 2.75 bits per heavy atom. The summed E-state index contributed by atoms with van der Waals surface area (Å²) in [4.78, 5) is 0. The van der Waals surface area contributed by atoms with E-state index in [-0.39, 0.29) is 0 Å². The minimum Gasteiger partial charge on any atom is -0.313 e. The molecular formula is C10H18ClN. The van der Waals surface area contributed by atoms with Crippen molar-refractivity contribution in [1.82, 2.24) is 5.32 Å². The SMILES string of the molecule is Cl/C=C/CNCCC1CCCC1. The van der Waals surface area contributed by atoms with Crippen molar-refractivity contribution in [3.05, 3.63) is 11.6 Å². The molecular weight excluding hydrogens is 170 g/mol. The molecule has 1 rings (SSSR count). The van der Waals surface area contributed by atoms with Crippen molar-refractivity contribution in [2.24, 2.45) is 5.92 Å². The monoisotopic (exact) mass is 187 g/mol. The molecule has 0 aromatic rings. The largest absolute Gasteiger partial charge is 0.313 e. The van der Waals surface area contributed by atoms with E-state index in [9.17, 15) is 0 Å². The first-order valence-electron chi connectivity index (χ1n) is 4.89. The summed E-state index contributed by atoms with van der Waals surface area (Å²) >= 11 is 5.39. The van der Waals surface area contributed by atoms with Crippen LogP contribution in [0.3, 0.4) is 0 Å². The highest BCUT2D eigenvalue weighted by molar-refractivity contribution is 6.25. The predicted molar refractivity (Wildman–Crippen MR) is 54.4 cm³/mol. The van der Waals surface area contributed by atoms with Gasteiger partial charge in [0.05, 0.1) is 0 Å². The summed E-state index contributed by atoms with van der Waals surface area (Å²) in [5.41, 5.74) is 1.57. The molecule has 1 fully saturated rings. The van der Waals surface area contributed by atoms with Gasteiger partial charge in [-0.15, -0.1) is 0 Å². The summed E-state index contributed by atoms with van der Waals surface area (Å²) < 4.78 is 0. The van der Waals surface area contributed by atoms with Crippen molar-refractivity contribution in [2.45, 2.75) is 32.1 Å². The molecule has 0 aliphatic heterocycles. The van der Waals surface area contributed by atoms with E-state index in [1.165, 1.54) is 32.1 Å². The zero-order valence-electron chi connectivity index (χ0n) is 7.56. The van der Waals surface area contributed by atoms with Crippen molar-refractivity contribution in [2.75, 3.05) is 13.1 Å². The Labute approximate surface area is 80.2 Å². The van der Waals surface area contributed by atoms with Gasteiger partial charge in [0, 0.05) is 12.1 Å². The van der Waals surface area contributed by atoms with Crippen LogP contribution in [-0.2, 0) is 0 Å². The van der Waals surface area contributed by atoms with E-state index in [4.69, 9.17) is 11.6 Å². The smallest absolute Gasteiger partial charge is 0.0146 e. The predicted octanol–water partition coefficient (Wildman–Crippen LogP) is 2.91. The van der Waals surface area contributed by atoms with Crippen molar-refractivity contribution in [1.29, 1.82) is 0 Å². The third kappa shape index (κ3) is 4.13. The first-order chi connectivity index (χ1) is 5.93. The van der Waals surface area contributed by atoms with Crippen LogP contribution in [-0.4, -0.2) is 13.1 Å². The van der Waals surface area contributed by atoms with Crippen molar-refractivity contribution in [3.63, 3.8) is 0 Å². The molecule has 0 bridgehead atoms. The van der Waals surface area contributed by atoms with Gasteiger partial charge in [0.2, 0.25) is 0 Å². The Kier molecular flexibility index (Phi) is 5.46. The molecule has 12 heavy (non-hydrogen) atoms. The Hall–Kier alpha value is -0.0100. The van der Waals surface area contributed by atoms with Gasteiger partial charge < -0.3 is 5.32 Å². The second-order valence-electron chi connectivity index (χ2n) is 3.50. The van der Waals surface area contributed by atoms with Crippen LogP contribution in [0.4, 0.5) is 0 Å². The van der Waals surface area contributed by atoms with Gasteiger partial charge in [0.15, 0.2) is 0 Å². The topological polar surface area (TPSA) is 12.0 Å². The molecule has 0 radical (unpaired) electrons. The summed E-state index contributed by atoms with van der Waals surface area (Å²) in [6.07, 6.45) is 9.09. The summed E-state index contributed by atoms with van der Waals surface area (Å²) in [7, 11) is 0. The highest BCUT2D eigenvalue weighted by atomic mass is 35.5. The summed E-state index contributed by atoms with van der Waals surface area (Å²) in [6.45, 7) is 2.06. The van der Waals surface area contributed by atoms with Crippen LogP contribution in [0, 0.1) is 5.92 Å². The maximum atomic E-state index is 5.39. The highest BCUT2D eigenvalue weighted by Crippen LogP contribution is 2.26. The Bertz CT molecular complexity index is 128. The van der Waals surface area contributed by atoms with E-state index in [2.05, 4.69) is 5.32 Å². The number of halogens is 1. The third-order valence-corrected chi connectivity index (χ3v) is 2.73. The molecule has 1 nitrogen and oxygen atoms in total. The molecule has 0 aromatic heterocycles. The van der Waals surface area contributed by atoms with E-state index in [1.54, 1.807) is 5.54 Å². The fourth-order valence-electron chi connectivity index (χ4n) is 1.84. The average Bonchev–Trinajstić information content (AvgIpc) is 2.57. The van der Waals surface area contributed by atoms with E-state index < -0.39 is 0 Å². The lowest BCUT2D eigenvalue weighted by atomic mass is 10.0. The van der Waals surface area contributed by atoms with Gasteiger partial charge in [-0.1, -0.05) is 43.4 Å². The lowest BCUT2D eigenvalue weighted by Gasteiger charge is -2.07. The molecule has 1 N–H and O–H groups in total. The van der Waals surface area contributed by atoms with Crippen molar-refractivity contribution >= 4 is 11.6 Å². The maximum absolute atomic E-state index is 5.39. The Morgan fingerprint density at radius 2 is 2.08 bits per heavy atom. The first-order valence-corrected chi connectivity index (χ1v) is 5.33. The quantitative estimate of drug-likeness (QED) is 0.653. The van der Waals surface area contributed by atoms with Crippen LogP contribution < -0.4 is 5.32 Å². The van der Waals surface area contributed by atoms with Crippen LogP contribution in [0.1, 0.15) is 32.1 Å². The third-order valence-electron chi connectivity index (χ3n) is 2.56. The summed E-state index contributed by atoms with van der Waals surface area (Å²) in [6, 6.07) is 0. The zero-order valence-corrected chi connectivity index (χ0v) is 8.32. The molecule has 0 atom stereocenters. The molecule has 0 amide bonds. The average molecular weight is 188 g/mol. The highest BCUT2D eigenvalue weighted by Gasteiger charge is 2.13. The van der Waals surface area contributed by atoms with Gasteiger partial charge in [-0.3, -0.25) is 0 Å². The molecule has 0 unspecified atom stereocenters. The van der Waals surface area contributed by atoms with E-state index in [0.29, 0.717) is 0 Å². The van der Waals surface area contributed by atoms with Gasteiger partial charge in [0.25, 0.3) is 0 Å². The second kappa shape index (κ2) is 6.50. The molecule has 1 aliphatic carbocycles. The van der Waals surface area contributed by atoms with E-state index in [0.717, 1.165) is 19.0 Å². The minimum absolute atomic E-state index is 0.913. The lowest BCUT2D eigenvalue weighted by Crippen LogP contribution is -2.17. The number of nitrogens with one attached hydrogen (secondary N) is 1. The van der Waals surface area contributed by atoms with E-state index in [1.807, 2.05) is 6.08 Å². The summed E-state index contributed by atoms with van der Waals surface area (Å²) in [5, 5.41) is 3.34. The van der Waals surface area contributed by atoms with Gasteiger partial charge >= 0.3 is 0 Å². The molecule has 1 aliphatic rings. The van der Waals surface area contributed by atoms with Gasteiger partial charge in [-0.05, 0) is 18.9 Å². The molecule has 1 saturated carbocycles.